The first-order valence-corrected chi connectivity index (χ1v) is 13.4. The van der Waals surface area contributed by atoms with Gasteiger partial charge in [0, 0.05) is 63.6 Å². The van der Waals surface area contributed by atoms with Crippen molar-refractivity contribution in [3.63, 3.8) is 0 Å². The van der Waals surface area contributed by atoms with Crippen LogP contribution in [0, 0.1) is 5.82 Å². The Labute approximate surface area is 228 Å². The number of para-hydroxylation sites is 1. The Bertz CT molecular complexity index is 1390. The van der Waals surface area contributed by atoms with E-state index in [0.29, 0.717) is 19.2 Å². The normalized spacial score (nSPS) is 14.5. The van der Waals surface area contributed by atoms with E-state index in [0.717, 1.165) is 72.3 Å². The fourth-order valence-electron chi connectivity index (χ4n) is 5.24. The first-order valence-electron chi connectivity index (χ1n) is 13.4. The topological polar surface area (TPSA) is 77.3 Å². The summed E-state index contributed by atoms with van der Waals surface area (Å²) in [4.78, 5) is 16.6. The quantitative estimate of drug-likeness (QED) is 0.269. The van der Waals surface area contributed by atoms with Gasteiger partial charge in [-0.15, -0.1) is 0 Å². The molecule has 0 aliphatic carbocycles. The lowest BCUT2D eigenvalue weighted by molar-refractivity contribution is 0.133. The molecular formula is C30H35FN6O2. The van der Waals surface area contributed by atoms with Gasteiger partial charge in [0.25, 0.3) is 0 Å². The van der Waals surface area contributed by atoms with Crippen LogP contribution < -0.4 is 10.1 Å². The first-order chi connectivity index (χ1) is 19.1. The van der Waals surface area contributed by atoms with Gasteiger partial charge >= 0.3 is 0 Å². The second kappa shape index (κ2) is 12.4. The molecule has 1 atom stereocenters. The van der Waals surface area contributed by atoms with E-state index in [1.165, 1.54) is 12.1 Å². The van der Waals surface area contributed by atoms with Gasteiger partial charge in [-0.05, 0) is 49.7 Å². The third-order valence-electron chi connectivity index (χ3n) is 7.04. The van der Waals surface area contributed by atoms with E-state index in [1.807, 2.05) is 25.1 Å². The number of ether oxygens (including phenoxy) is 2. The summed E-state index contributed by atoms with van der Waals surface area (Å²) in [5.74, 6) is 2.19. The van der Waals surface area contributed by atoms with Crippen LogP contribution in [0.15, 0.2) is 60.8 Å². The number of aromatic nitrogens is 4. The van der Waals surface area contributed by atoms with E-state index in [-0.39, 0.29) is 11.9 Å². The predicted octanol–water partition coefficient (Wildman–Crippen LogP) is 5.22. The molecule has 39 heavy (non-hydrogen) atoms. The van der Waals surface area contributed by atoms with Crippen LogP contribution >= 0.6 is 0 Å². The molecule has 0 bridgehead atoms. The number of hydrogen-bond donors (Lipinski definition) is 1. The highest BCUT2D eigenvalue weighted by Crippen LogP contribution is 2.39. The number of anilines is 1. The Morgan fingerprint density at radius 2 is 1.92 bits per heavy atom. The van der Waals surface area contributed by atoms with Crippen molar-refractivity contribution in [3.05, 3.63) is 78.0 Å². The van der Waals surface area contributed by atoms with Gasteiger partial charge in [0.1, 0.15) is 17.4 Å². The maximum atomic E-state index is 13.8. The lowest BCUT2D eigenvalue weighted by Crippen LogP contribution is -2.32. The molecule has 204 valence electrons. The first kappa shape index (κ1) is 26.8. The monoisotopic (exact) mass is 530 g/mol. The average molecular weight is 531 g/mol. The number of fused-ring (bicyclic) bond motifs is 1. The minimum absolute atomic E-state index is 0.181. The maximum Gasteiger partial charge on any atom is 0.222 e. The fourth-order valence-corrected chi connectivity index (χ4v) is 5.24. The molecule has 3 heterocycles. The van der Waals surface area contributed by atoms with Gasteiger partial charge in [-0.3, -0.25) is 4.90 Å². The molecule has 0 amide bonds. The minimum atomic E-state index is -0.273. The van der Waals surface area contributed by atoms with Gasteiger partial charge in [-0.25, -0.2) is 19.3 Å². The molecule has 8 nitrogen and oxygen atoms in total. The van der Waals surface area contributed by atoms with E-state index in [1.54, 1.807) is 32.5 Å². The number of aryl methyl sites for hydroxylation is 1. The molecule has 0 saturated carbocycles. The van der Waals surface area contributed by atoms with Crippen molar-refractivity contribution in [3.8, 4) is 28.4 Å². The Morgan fingerprint density at radius 3 is 2.69 bits per heavy atom. The number of nitrogens with zero attached hydrogens (tertiary/aromatic N) is 5. The Hall–Kier alpha value is -3.82. The van der Waals surface area contributed by atoms with Gasteiger partial charge in [-0.1, -0.05) is 18.2 Å². The minimum Gasteiger partial charge on any atom is -0.494 e. The molecule has 0 fully saturated rings. The summed E-state index contributed by atoms with van der Waals surface area (Å²) < 4.78 is 27.5. The highest BCUT2D eigenvalue weighted by Gasteiger charge is 2.32. The van der Waals surface area contributed by atoms with Gasteiger partial charge < -0.3 is 19.4 Å². The molecule has 2 aromatic carbocycles. The van der Waals surface area contributed by atoms with Crippen LogP contribution in [-0.2, 0) is 17.7 Å². The van der Waals surface area contributed by atoms with Crippen LogP contribution in [0.25, 0.3) is 22.6 Å². The molecule has 0 unspecified atom stereocenters. The average Bonchev–Trinajstić information content (AvgIpc) is 3.53. The summed E-state index contributed by atoms with van der Waals surface area (Å²) in [5, 5.41) is 3.04. The molecule has 0 spiro atoms. The summed E-state index contributed by atoms with van der Waals surface area (Å²) in [6, 6.07) is 16.8. The zero-order chi connectivity index (χ0) is 27.2. The number of halogens is 1. The molecule has 5 rings (SSSR count). The van der Waals surface area contributed by atoms with Crippen LogP contribution in [0.4, 0.5) is 10.3 Å². The van der Waals surface area contributed by atoms with E-state index in [4.69, 9.17) is 19.4 Å². The number of nitrogens with one attached hydrogen (secondary N) is 1. The van der Waals surface area contributed by atoms with E-state index in [9.17, 15) is 4.39 Å². The third-order valence-corrected chi connectivity index (χ3v) is 7.04. The van der Waals surface area contributed by atoms with Crippen LogP contribution in [0.3, 0.4) is 0 Å². The molecule has 1 N–H and O–H groups in total. The Morgan fingerprint density at radius 1 is 1.10 bits per heavy atom. The standard InChI is InChI=1S/C30H35FN6O2/c1-4-39-26-8-6-5-7-22(26)19-36(17-18-38-3)20-24-13-14-27-35-28(21-9-11-23(31)12-10-21)29(37(24)27)25-15-16-33-30(32-2)34-25/h5-12,15-16,24H,4,13-14,17-20H2,1-3H3,(H,32,33,34)/t24-/m0/s1. The molecule has 9 heteroatoms. The number of rotatable bonds is 12. The van der Waals surface area contributed by atoms with Crippen molar-refractivity contribution in [2.75, 3.05) is 45.8 Å². The predicted molar refractivity (Wildman–Crippen MR) is 150 cm³/mol. The fraction of sp³-hybridized carbons (Fsp3) is 0.367. The van der Waals surface area contributed by atoms with E-state index < -0.39 is 0 Å². The molecule has 0 radical (unpaired) electrons. The van der Waals surface area contributed by atoms with E-state index >= 15 is 0 Å². The van der Waals surface area contributed by atoms with Crippen molar-refractivity contribution in [2.45, 2.75) is 32.4 Å². The van der Waals surface area contributed by atoms with Crippen molar-refractivity contribution in [1.82, 2.24) is 24.4 Å². The lowest BCUT2D eigenvalue weighted by Gasteiger charge is -2.28. The smallest absolute Gasteiger partial charge is 0.222 e. The summed E-state index contributed by atoms with van der Waals surface area (Å²) in [6.07, 6.45) is 3.58. The molecule has 2 aromatic heterocycles. The van der Waals surface area contributed by atoms with Crippen LogP contribution in [-0.4, -0.2) is 64.9 Å². The summed E-state index contributed by atoms with van der Waals surface area (Å²) in [5.41, 5.74) is 4.53. The Balaban J connectivity index is 1.53. The zero-order valence-electron chi connectivity index (χ0n) is 22.7. The SMILES string of the molecule is CCOc1ccccc1CN(CCOC)C[C@@H]1CCc2nc(-c3ccc(F)cc3)c(-c3ccnc(NC)n3)n21. The number of methoxy groups -OCH3 is 1. The Kier molecular flexibility index (Phi) is 8.48. The van der Waals surface area contributed by atoms with Crippen molar-refractivity contribution >= 4 is 5.95 Å². The maximum absolute atomic E-state index is 13.8. The highest BCUT2D eigenvalue weighted by molar-refractivity contribution is 5.78. The summed E-state index contributed by atoms with van der Waals surface area (Å²) in [7, 11) is 3.54. The van der Waals surface area contributed by atoms with Crippen LogP contribution in [0.2, 0.25) is 0 Å². The highest BCUT2D eigenvalue weighted by atomic mass is 19.1. The zero-order valence-corrected chi connectivity index (χ0v) is 22.7. The van der Waals surface area contributed by atoms with Crippen molar-refractivity contribution < 1.29 is 13.9 Å². The molecular weight excluding hydrogens is 495 g/mol. The van der Waals surface area contributed by atoms with Gasteiger partial charge in [0.15, 0.2) is 0 Å². The molecule has 0 saturated heterocycles. The van der Waals surface area contributed by atoms with Gasteiger partial charge in [-0.2, -0.15) is 0 Å². The number of hydrogen-bond acceptors (Lipinski definition) is 7. The van der Waals surface area contributed by atoms with Crippen LogP contribution in [0.1, 0.15) is 30.8 Å². The van der Waals surface area contributed by atoms with Crippen molar-refractivity contribution in [1.29, 1.82) is 0 Å². The van der Waals surface area contributed by atoms with Gasteiger partial charge in [0.05, 0.1) is 30.3 Å². The second-order valence-electron chi connectivity index (χ2n) is 9.58. The van der Waals surface area contributed by atoms with E-state index in [2.05, 4.69) is 31.9 Å². The molecule has 1 aliphatic heterocycles. The second-order valence-corrected chi connectivity index (χ2v) is 9.58. The summed E-state index contributed by atoms with van der Waals surface area (Å²) >= 11 is 0. The van der Waals surface area contributed by atoms with Gasteiger partial charge in [0.2, 0.25) is 5.95 Å². The molecule has 1 aliphatic rings. The number of imidazole rings is 1. The largest absolute Gasteiger partial charge is 0.494 e. The third kappa shape index (κ3) is 5.94. The van der Waals surface area contributed by atoms with Crippen molar-refractivity contribution in [2.24, 2.45) is 0 Å². The van der Waals surface area contributed by atoms with Crippen LogP contribution in [0.5, 0.6) is 5.75 Å². The lowest BCUT2D eigenvalue weighted by atomic mass is 10.1. The molecule has 4 aromatic rings. The number of benzene rings is 2. The summed E-state index contributed by atoms with van der Waals surface area (Å²) in [6.45, 7) is 5.61.